The van der Waals surface area contributed by atoms with Crippen molar-refractivity contribution in [2.45, 2.75) is 39.3 Å². The Labute approximate surface area is 102 Å². The molecular weight excluding hydrogens is 336 g/mol. The van der Waals surface area contributed by atoms with Crippen LogP contribution in [0.5, 0.6) is 0 Å². The van der Waals surface area contributed by atoms with Crippen LogP contribution in [0.1, 0.15) is 0 Å². The molecular formula is C6H20Br2Si2Ti. The van der Waals surface area contributed by atoms with E-state index >= 15 is 0 Å². The zero-order valence-electron chi connectivity index (χ0n) is 8.32. The quantitative estimate of drug-likeness (QED) is 0.659. The summed E-state index contributed by atoms with van der Waals surface area (Å²) in [7, 11) is 0. The molecule has 0 spiro atoms. The van der Waals surface area contributed by atoms with Crippen molar-refractivity contribution in [2.75, 3.05) is 0 Å². The summed E-state index contributed by atoms with van der Waals surface area (Å²) in [6.45, 7) is 15.1. The standard InChI is InChI=1S/2C3H9Si.2BrH.Ti/c2*1-4(2)3;;;/h2*1-3H3;2*1H;. The Morgan fingerprint density at radius 2 is 0.818 bits per heavy atom. The Morgan fingerprint density at radius 3 is 0.818 bits per heavy atom. The van der Waals surface area contributed by atoms with Crippen molar-refractivity contribution in [1.82, 2.24) is 0 Å². The van der Waals surface area contributed by atoms with Gasteiger partial charge in [0, 0.05) is 0 Å². The van der Waals surface area contributed by atoms with Crippen LogP contribution in [0.25, 0.3) is 0 Å². The van der Waals surface area contributed by atoms with Crippen LogP contribution in [-0.2, 0) is 17.7 Å². The number of halogens is 2. The Hall–Kier alpha value is 2.11. The molecule has 11 heavy (non-hydrogen) atoms. The molecule has 0 fully saturated rings. The molecule has 0 rings (SSSR count). The van der Waals surface area contributed by atoms with Crippen molar-refractivity contribution in [3.05, 3.63) is 0 Å². The SMILES string of the molecule is Br.Br.C[Si](C)(C)[Ti][Si](C)(C)C. The van der Waals surface area contributed by atoms with Gasteiger partial charge >= 0.3 is 68.8 Å². The van der Waals surface area contributed by atoms with Crippen molar-refractivity contribution < 1.29 is 17.7 Å². The van der Waals surface area contributed by atoms with E-state index in [-0.39, 0.29) is 34.0 Å². The molecule has 5 heteroatoms. The van der Waals surface area contributed by atoms with Gasteiger partial charge in [-0.3, -0.25) is 0 Å². The predicted octanol–water partition coefficient (Wildman–Crippen LogP) is 3.89. The third-order valence-corrected chi connectivity index (χ3v) is 27.8. The summed E-state index contributed by atoms with van der Waals surface area (Å²) >= 11 is 0.486. The normalized spacial score (nSPS) is 11.1. The van der Waals surface area contributed by atoms with Crippen molar-refractivity contribution in [3.8, 4) is 0 Å². The van der Waals surface area contributed by atoms with Crippen molar-refractivity contribution in [1.29, 1.82) is 0 Å². The van der Waals surface area contributed by atoms with E-state index in [1.165, 1.54) is 0 Å². The van der Waals surface area contributed by atoms with Crippen LogP contribution < -0.4 is 0 Å². The average Bonchev–Trinajstić information content (AvgIpc) is 1.14. The Morgan fingerprint density at radius 1 is 0.636 bits per heavy atom. The van der Waals surface area contributed by atoms with E-state index in [2.05, 4.69) is 39.3 Å². The molecule has 0 aromatic carbocycles. The van der Waals surface area contributed by atoms with Gasteiger partial charge in [0.25, 0.3) is 0 Å². The summed E-state index contributed by atoms with van der Waals surface area (Å²) in [6, 6.07) is 0. The van der Waals surface area contributed by atoms with Gasteiger partial charge in [-0.15, -0.1) is 34.0 Å². The summed E-state index contributed by atoms with van der Waals surface area (Å²) in [4.78, 5) is 0. The number of rotatable bonds is 2. The van der Waals surface area contributed by atoms with Gasteiger partial charge in [-0.2, -0.15) is 0 Å². The minimum atomic E-state index is -0.606. The summed E-state index contributed by atoms with van der Waals surface area (Å²) in [5.74, 6) is -1.21. The first-order valence-electron chi connectivity index (χ1n) is 3.50. The maximum atomic E-state index is 2.52. The number of hydrogen-bond donors (Lipinski definition) is 0. The van der Waals surface area contributed by atoms with E-state index in [4.69, 9.17) is 0 Å². The fourth-order valence-corrected chi connectivity index (χ4v) is 41.7. The molecule has 70 valence electrons. The molecule has 0 aromatic rings. The molecule has 0 aliphatic carbocycles. The second-order valence-corrected chi connectivity index (χ2v) is 32.2. The fraction of sp³-hybridized carbons (Fsp3) is 1.00. The summed E-state index contributed by atoms with van der Waals surface area (Å²) < 4.78 is 0. The molecule has 0 saturated carbocycles. The molecule has 0 N–H and O–H groups in total. The van der Waals surface area contributed by atoms with Gasteiger partial charge in [0.15, 0.2) is 0 Å². The summed E-state index contributed by atoms with van der Waals surface area (Å²) in [5, 5.41) is 0. The first-order valence-corrected chi connectivity index (χ1v) is 15.2. The van der Waals surface area contributed by atoms with Crippen LogP contribution in [0, 0.1) is 0 Å². The third kappa shape index (κ3) is 18.8. The third-order valence-electron chi connectivity index (χ3n) is 0.750. The Kier molecular flexibility index (Phi) is 11.2. The van der Waals surface area contributed by atoms with E-state index in [9.17, 15) is 0 Å². The van der Waals surface area contributed by atoms with E-state index in [1.54, 1.807) is 0 Å². The minimum absolute atomic E-state index is 0. The zero-order valence-corrected chi connectivity index (χ0v) is 15.3. The van der Waals surface area contributed by atoms with Gasteiger partial charge < -0.3 is 0 Å². The first-order chi connectivity index (χ1) is 3.71. The van der Waals surface area contributed by atoms with Gasteiger partial charge in [-0.05, 0) is 0 Å². The van der Waals surface area contributed by atoms with E-state index in [0.29, 0.717) is 17.7 Å². The average molecular weight is 356 g/mol. The van der Waals surface area contributed by atoms with Crippen LogP contribution in [-0.4, -0.2) is 11.9 Å². The molecule has 0 heterocycles. The van der Waals surface area contributed by atoms with Crippen LogP contribution in [0.4, 0.5) is 0 Å². The van der Waals surface area contributed by atoms with Gasteiger partial charge in [0.05, 0.1) is 0 Å². The molecule has 0 radical (unpaired) electrons. The van der Waals surface area contributed by atoms with Gasteiger partial charge in [-0.25, -0.2) is 0 Å². The van der Waals surface area contributed by atoms with E-state index < -0.39 is 11.9 Å². The van der Waals surface area contributed by atoms with Gasteiger partial charge in [0.2, 0.25) is 0 Å². The summed E-state index contributed by atoms with van der Waals surface area (Å²) in [5.41, 5.74) is 0. The zero-order chi connectivity index (χ0) is 7.71. The molecule has 0 aliphatic rings. The van der Waals surface area contributed by atoms with E-state index in [0.717, 1.165) is 0 Å². The van der Waals surface area contributed by atoms with Crippen LogP contribution in [0.15, 0.2) is 0 Å². The monoisotopic (exact) mass is 354 g/mol. The topological polar surface area (TPSA) is 0 Å². The second-order valence-electron chi connectivity index (χ2n) is 4.62. The fourth-order valence-electron chi connectivity index (χ4n) is 1.12. The van der Waals surface area contributed by atoms with Crippen LogP contribution in [0.2, 0.25) is 39.3 Å². The van der Waals surface area contributed by atoms with Gasteiger partial charge in [-0.1, -0.05) is 0 Å². The Balaban J connectivity index is -0.000000320. The van der Waals surface area contributed by atoms with Crippen LogP contribution >= 0.6 is 34.0 Å². The van der Waals surface area contributed by atoms with E-state index in [1.807, 2.05) is 0 Å². The molecule has 0 atom stereocenters. The van der Waals surface area contributed by atoms with Gasteiger partial charge in [0.1, 0.15) is 0 Å². The summed E-state index contributed by atoms with van der Waals surface area (Å²) in [6.07, 6.45) is 0. The molecule has 0 unspecified atom stereocenters. The van der Waals surface area contributed by atoms with Crippen molar-refractivity contribution in [2.24, 2.45) is 0 Å². The van der Waals surface area contributed by atoms with Crippen molar-refractivity contribution in [3.63, 3.8) is 0 Å². The molecule has 0 nitrogen and oxygen atoms in total. The molecule has 0 saturated heterocycles. The molecule has 0 bridgehead atoms. The second kappa shape index (κ2) is 6.55. The van der Waals surface area contributed by atoms with Crippen molar-refractivity contribution >= 4 is 45.8 Å². The predicted molar refractivity (Wildman–Crippen MR) is 67.3 cm³/mol. The number of hydrogen-bond acceptors (Lipinski definition) is 0. The maximum absolute atomic E-state index is 2.52. The molecule has 0 aliphatic heterocycles. The Bertz CT molecular complexity index is 83.7. The van der Waals surface area contributed by atoms with Crippen LogP contribution in [0.3, 0.4) is 0 Å². The first kappa shape index (κ1) is 18.8. The molecule has 0 amide bonds. The molecule has 0 aromatic heterocycles.